The van der Waals surface area contributed by atoms with E-state index in [1.54, 1.807) is 23.1 Å². The molecule has 0 aromatic heterocycles. The predicted molar refractivity (Wildman–Crippen MR) is 104 cm³/mol. The fraction of sp³-hybridized carbons (Fsp3) is 0.500. The topological polar surface area (TPSA) is 76.0 Å². The van der Waals surface area contributed by atoms with Crippen LogP contribution in [0.5, 0.6) is 0 Å². The summed E-state index contributed by atoms with van der Waals surface area (Å²) < 4.78 is 29.5. The van der Waals surface area contributed by atoms with Crippen molar-refractivity contribution in [2.24, 2.45) is 4.99 Å². The fourth-order valence-corrected chi connectivity index (χ4v) is 7.65. The van der Waals surface area contributed by atoms with E-state index in [9.17, 15) is 13.2 Å². The third-order valence-electron chi connectivity index (χ3n) is 4.66. The van der Waals surface area contributed by atoms with Gasteiger partial charge < -0.3 is 9.64 Å². The summed E-state index contributed by atoms with van der Waals surface area (Å²) in [5.74, 6) is -0.219. The van der Waals surface area contributed by atoms with Crippen LogP contribution >= 0.6 is 35.0 Å². The van der Waals surface area contributed by atoms with E-state index < -0.39 is 15.9 Å². The standard InChI is InChI=1S/C16H16Cl2N2O4S2/c17-10-4-3-9(6-11(10)18)20-12-7-26(22,23)8-14(12)25-16(20)19-15(21)13-2-1-5-24-13/h3-4,6,12-14H,1-2,5,7-8H2/t12-,13+,14+/m1/s1. The van der Waals surface area contributed by atoms with Gasteiger partial charge in [0.2, 0.25) is 0 Å². The molecular weight excluding hydrogens is 419 g/mol. The maximum atomic E-state index is 12.4. The molecule has 140 valence electrons. The molecule has 3 aliphatic rings. The molecule has 0 spiro atoms. The lowest BCUT2D eigenvalue weighted by molar-refractivity contribution is -0.126. The van der Waals surface area contributed by atoms with Crippen molar-refractivity contribution in [2.45, 2.75) is 30.2 Å². The lowest BCUT2D eigenvalue weighted by Gasteiger charge is -2.25. The number of anilines is 1. The van der Waals surface area contributed by atoms with E-state index in [4.69, 9.17) is 27.9 Å². The summed E-state index contributed by atoms with van der Waals surface area (Å²) in [5.41, 5.74) is 0.676. The number of carbonyl (C=O) groups is 1. The maximum Gasteiger partial charge on any atom is 0.277 e. The molecule has 6 nitrogen and oxygen atoms in total. The van der Waals surface area contributed by atoms with Gasteiger partial charge in [-0.3, -0.25) is 4.79 Å². The first-order valence-electron chi connectivity index (χ1n) is 8.19. The van der Waals surface area contributed by atoms with Crippen molar-refractivity contribution in [2.75, 3.05) is 23.0 Å². The van der Waals surface area contributed by atoms with Gasteiger partial charge in [0.1, 0.15) is 6.10 Å². The second-order valence-electron chi connectivity index (χ2n) is 6.50. The number of nitrogens with zero attached hydrogens (tertiary/aromatic N) is 2. The molecule has 0 radical (unpaired) electrons. The molecule has 3 aliphatic heterocycles. The molecule has 3 fully saturated rings. The second-order valence-corrected chi connectivity index (χ2v) is 10.7. The first-order valence-corrected chi connectivity index (χ1v) is 11.7. The van der Waals surface area contributed by atoms with Gasteiger partial charge >= 0.3 is 0 Å². The van der Waals surface area contributed by atoms with Gasteiger partial charge in [-0.2, -0.15) is 4.99 Å². The minimum Gasteiger partial charge on any atom is -0.368 e. The first-order chi connectivity index (χ1) is 12.3. The van der Waals surface area contributed by atoms with Crippen molar-refractivity contribution >= 4 is 61.6 Å². The monoisotopic (exact) mass is 434 g/mol. The highest BCUT2D eigenvalue weighted by Crippen LogP contribution is 2.42. The average molecular weight is 435 g/mol. The molecule has 0 bridgehead atoms. The lowest BCUT2D eigenvalue weighted by Crippen LogP contribution is -2.38. The van der Waals surface area contributed by atoms with Crippen LogP contribution in [0.15, 0.2) is 23.2 Å². The molecular formula is C16H16Cl2N2O4S2. The van der Waals surface area contributed by atoms with Crippen molar-refractivity contribution in [1.29, 1.82) is 0 Å². The number of ether oxygens (including phenoxy) is 1. The van der Waals surface area contributed by atoms with Gasteiger partial charge in [-0.25, -0.2) is 8.42 Å². The Hall–Kier alpha value is -0.800. The van der Waals surface area contributed by atoms with Crippen LogP contribution in [0.4, 0.5) is 5.69 Å². The van der Waals surface area contributed by atoms with Gasteiger partial charge in [0.15, 0.2) is 15.0 Å². The number of halogens is 2. The molecule has 26 heavy (non-hydrogen) atoms. The van der Waals surface area contributed by atoms with Gasteiger partial charge in [0, 0.05) is 17.5 Å². The Labute approximate surface area is 165 Å². The van der Waals surface area contributed by atoms with E-state index >= 15 is 0 Å². The van der Waals surface area contributed by atoms with Crippen LogP contribution in [0.3, 0.4) is 0 Å². The SMILES string of the molecule is O=C(N=C1S[C@H]2CS(=O)(=O)C[C@H]2N1c1ccc(Cl)c(Cl)c1)[C@@H]1CCCO1. The molecule has 1 aromatic carbocycles. The quantitative estimate of drug-likeness (QED) is 0.711. The Bertz CT molecular complexity index is 884. The molecule has 0 aliphatic carbocycles. The Balaban J connectivity index is 1.70. The van der Waals surface area contributed by atoms with E-state index in [-0.39, 0.29) is 28.7 Å². The van der Waals surface area contributed by atoms with Crippen molar-refractivity contribution in [3.05, 3.63) is 28.2 Å². The van der Waals surface area contributed by atoms with Crippen LogP contribution in [0.25, 0.3) is 0 Å². The summed E-state index contributed by atoms with van der Waals surface area (Å²) in [6.45, 7) is 0.564. The van der Waals surface area contributed by atoms with Crippen LogP contribution in [0.2, 0.25) is 10.0 Å². The molecule has 0 saturated carbocycles. The Morgan fingerprint density at radius 1 is 1.27 bits per heavy atom. The van der Waals surface area contributed by atoms with Gasteiger partial charge in [0.05, 0.1) is 27.6 Å². The molecule has 3 atom stereocenters. The second kappa shape index (κ2) is 6.98. The highest BCUT2D eigenvalue weighted by atomic mass is 35.5. The first kappa shape index (κ1) is 18.6. The number of rotatable bonds is 2. The van der Waals surface area contributed by atoms with Gasteiger partial charge in [-0.05, 0) is 31.0 Å². The van der Waals surface area contributed by atoms with E-state index in [0.717, 1.165) is 6.42 Å². The summed E-state index contributed by atoms with van der Waals surface area (Å²) in [6.07, 6.45) is 0.991. The predicted octanol–water partition coefficient (Wildman–Crippen LogP) is 2.77. The van der Waals surface area contributed by atoms with Gasteiger partial charge in [-0.15, -0.1) is 0 Å². The average Bonchev–Trinajstić information content (AvgIpc) is 3.25. The van der Waals surface area contributed by atoms with Crippen LogP contribution in [0, 0.1) is 0 Å². The van der Waals surface area contributed by atoms with E-state index in [2.05, 4.69) is 4.99 Å². The third kappa shape index (κ3) is 3.49. The van der Waals surface area contributed by atoms with Crippen LogP contribution in [-0.2, 0) is 19.4 Å². The lowest BCUT2D eigenvalue weighted by atomic mass is 10.2. The van der Waals surface area contributed by atoms with Crippen LogP contribution in [0.1, 0.15) is 12.8 Å². The molecule has 1 amide bonds. The zero-order chi connectivity index (χ0) is 18.5. The molecule has 10 heteroatoms. The number of fused-ring (bicyclic) bond motifs is 1. The van der Waals surface area contributed by atoms with E-state index in [1.165, 1.54) is 11.8 Å². The van der Waals surface area contributed by atoms with Crippen LogP contribution < -0.4 is 4.90 Å². The molecule has 0 unspecified atom stereocenters. The maximum absolute atomic E-state index is 12.4. The zero-order valence-corrected chi connectivity index (χ0v) is 16.7. The number of carbonyl (C=O) groups excluding carboxylic acids is 1. The molecule has 1 aromatic rings. The smallest absolute Gasteiger partial charge is 0.277 e. The summed E-state index contributed by atoms with van der Waals surface area (Å²) in [7, 11) is -3.12. The van der Waals surface area contributed by atoms with Crippen molar-refractivity contribution in [1.82, 2.24) is 0 Å². The highest BCUT2D eigenvalue weighted by molar-refractivity contribution is 8.16. The minimum absolute atomic E-state index is 0.0258. The summed E-state index contributed by atoms with van der Waals surface area (Å²) >= 11 is 13.5. The van der Waals surface area contributed by atoms with Crippen LogP contribution in [-0.4, -0.2) is 55.0 Å². The normalized spacial score (nSPS) is 31.5. The van der Waals surface area contributed by atoms with Crippen molar-refractivity contribution in [3.63, 3.8) is 0 Å². The fourth-order valence-electron chi connectivity index (χ4n) is 3.44. The third-order valence-corrected chi connectivity index (χ3v) is 8.61. The summed E-state index contributed by atoms with van der Waals surface area (Å²) in [6, 6.07) is 4.80. The molecule has 3 heterocycles. The van der Waals surface area contributed by atoms with Gasteiger partial charge in [0.25, 0.3) is 5.91 Å². The Kier molecular flexibility index (Phi) is 4.98. The number of hydrogen-bond acceptors (Lipinski definition) is 5. The number of amidine groups is 1. The molecule has 4 rings (SSSR count). The largest absolute Gasteiger partial charge is 0.368 e. The number of sulfone groups is 1. The number of thioether (sulfide) groups is 1. The number of aliphatic imine (C=N–C) groups is 1. The molecule has 0 N–H and O–H groups in total. The number of benzene rings is 1. The van der Waals surface area contributed by atoms with E-state index in [0.29, 0.717) is 33.9 Å². The van der Waals surface area contributed by atoms with Crippen molar-refractivity contribution < 1.29 is 17.9 Å². The Morgan fingerprint density at radius 2 is 2.08 bits per heavy atom. The highest BCUT2D eigenvalue weighted by Gasteiger charge is 2.49. The van der Waals surface area contributed by atoms with E-state index in [1.807, 2.05) is 0 Å². The Morgan fingerprint density at radius 3 is 2.77 bits per heavy atom. The molecule has 3 saturated heterocycles. The minimum atomic E-state index is -3.12. The number of hydrogen-bond donors (Lipinski definition) is 0. The zero-order valence-electron chi connectivity index (χ0n) is 13.6. The number of amides is 1. The summed E-state index contributed by atoms with van der Waals surface area (Å²) in [5, 5.41) is 1.11. The summed E-state index contributed by atoms with van der Waals surface area (Å²) in [4.78, 5) is 18.5. The van der Waals surface area contributed by atoms with Crippen molar-refractivity contribution in [3.8, 4) is 0 Å². The van der Waals surface area contributed by atoms with Gasteiger partial charge in [-0.1, -0.05) is 35.0 Å².